The molecular weight excluding hydrogens is 618 g/mol. The fraction of sp³-hybridized carbons (Fsp3) is 0.655. The fourth-order valence-corrected chi connectivity index (χ4v) is 4.75. The van der Waals surface area contributed by atoms with E-state index in [9.17, 15) is 38.5 Å². The van der Waals surface area contributed by atoms with Crippen LogP contribution in [0.1, 0.15) is 57.1 Å². The van der Waals surface area contributed by atoms with Crippen LogP contribution < -0.4 is 16.0 Å². The molecule has 1 aromatic carbocycles. The van der Waals surface area contributed by atoms with Crippen LogP contribution in [0.4, 0.5) is 14.5 Å². The van der Waals surface area contributed by atoms with Gasteiger partial charge < -0.3 is 45.6 Å². The Labute approximate surface area is 266 Å². The lowest BCUT2D eigenvalue weighted by atomic mass is 9.88. The number of carbonyl (C=O) groups is 3. The van der Waals surface area contributed by atoms with Gasteiger partial charge in [0.1, 0.15) is 18.3 Å². The third-order valence-corrected chi connectivity index (χ3v) is 7.17. The lowest BCUT2D eigenvalue weighted by Crippen LogP contribution is -2.64. The number of hydrogen-bond acceptors (Lipinski definition) is 11. The van der Waals surface area contributed by atoms with Gasteiger partial charge >= 0.3 is 0 Å². The summed E-state index contributed by atoms with van der Waals surface area (Å²) in [7, 11) is 0. The van der Waals surface area contributed by atoms with E-state index in [-0.39, 0.29) is 42.2 Å². The van der Waals surface area contributed by atoms with E-state index in [1.807, 2.05) is 0 Å². The average Bonchev–Trinajstić information content (AvgIpc) is 2.99. The highest BCUT2D eigenvalue weighted by molar-refractivity contribution is 7.80. The van der Waals surface area contributed by atoms with Gasteiger partial charge in [0.05, 0.1) is 31.1 Å². The van der Waals surface area contributed by atoms with Crippen molar-refractivity contribution in [2.24, 2.45) is 5.16 Å². The van der Waals surface area contributed by atoms with Crippen LogP contribution in [0, 0.1) is 0 Å². The Morgan fingerprint density at radius 2 is 1.82 bits per heavy atom. The molecule has 1 heterocycles. The molecule has 1 aliphatic heterocycles. The predicted molar refractivity (Wildman–Crippen MR) is 164 cm³/mol. The van der Waals surface area contributed by atoms with Crippen LogP contribution in [0.2, 0.25) is 0 Å². The molecule has 6 N–H and O–H groups in total. The van der Waals surface area contributed by atoms with Gasteiger partial charge in [0.25, 0.3) is 12.3 Å². The summed E-state index contributed by atoms with van der Waals surface area (Å²) < 4.78 is 39.0. The van der Waals surface area contributed by atoms with E-state index in [1.54, 1.807) is 6.92 Å². The van der Waals surface area contributed by atoms with E-state index in [0.717, 1.165) is 18.2 Å². The van der Waals surface area contributed by atoms with Gasteiger partial charge in [-0.05, 0) is 49.6 Å². The molecule has 16 heteroatoms. The highest BCUT2D eigenvalue weighted by Crippen LogP contribution is 2.30. The number of anilines is 1. The van der Waals surface area contributed by atoms with Crippen molar-refractivity contribution >= 4 is 41.7 Å². The standard InChI is InChI=1S/C29H44F2N4O9S/c1-17(35-43-16-25(39)32-9-11-42-10-4-12-45)5-3-6-24(38)34-20-8-7-19(21(14-20)29(30)31)13-22-26(33-18(2)37)28(41)27(40)23(15-36)44-22/h7-8,14,22-23,26-29,36,40-41,45H,3-6,9-13,15-16H2,1-2H3,(H,32,39)(H,33,37)(H,34,38)/b35-17+/t22-,23?,26?,27+,28+/m0/s1. The highest BCUT2D eigenvalue weighted by atomic mass is 32.1. The van der Waals surface area contributed by atoms with Crippen molar-refractivity contribution in [3.05, 3.63) is 29.3 Å². The van der Waals surface area contributed by atoms with Crippen LogP contribution in [0.25, 0.3) is 0 Å². The number of alkyl halides is 2. The Kier molecular flexibility index (Phi) is 17.3. The molecule has 2 rings (SSSR count). The molecular formula is C29H44F2N4O9S. The van der Waals surface area contributed by atoms with Crippen LogP contribution in [0.3, 0.4) is 0 Å². The summed E-state index contributed by atoms with van der Waals surface area (Å²) in [5.41, 5.74) is 0.474. The number of rotatable bonds is 19. The minimum Gasteiger partial charge on any atom is -0.394 e. The van der Waals surface area contributed by atoms with Crippen molar-refractivity contribution in [3.63, 3.8) is 0 Å². The first-order valence-electron chi connectivity index (χ1n) is 14.7. The molecule has 1 fully saturated rings. The minimum absolute atomic E-state index is 0.0728. The Bertz CT molecular complexity index is 1130. The summed E-state index contributed by atoms with van der Waals surface area (Å²) >= 11 is 4.08. The number of aliphatic hydroxyl groups excluding tert-OH is 3. The van der Waals surface area contributed by atoms with Gasteiger partial charge in [-0.15, -0.1) is 0 Å². The van der Waals surface area contributed by atoms with E-state index < -0.39 is 55.3 Å². The molecule has 0 aliphatic carbocycles. The third-order valence-electron chi connectivity index (χ3n) is 6.86. The van der Waals surface area contributed by atoms with E-state index in [1.165, 1.54) is 19.1 Å². The summed E-state index contributed by atoms with van der Waals surface area (Å²) in [5.74, 6) is -0.544. The second kappa shape index (κ2) is 20.3. The maximum atomic E-state index is 14.0. The second-order valence-electron chi connectivity index (χ2n) is 10.6. The summed E-state index contributed by atoms with van der Waals surface area (Å²) in [6.45, 7) is 3.31. The van der Waals surface area contributed by atoms with E-state index in [4.69, 9.17) is 14.3 Å². The maximum Gasteiger partial charge on any atom is 0.264 e. The quantitative estimate of drug-likeness (QED) is 0.0493. The van der Waals surface area contributed by atoms with E-state index in [0.29, 0.717) is 38.3 Å². The van der Waals surface area contributed by atoms with Crippen LogP contribution in [-0.2, 0) is 35.1 Å². The van der Waals surface area contributed by atoms with E-state index >= 15 is 0 Å². The lowest BCUT2D eigenvalue weighted by molar-refractivity contribution is -0.194. The average molecular weight is 663 g/mol. The number of amides is 3. The zero-order valence-electron chi connectivity index (χ0n) is 25.4. The summed E-state index contributed by atoms with van der Waals surface area (Å²) in [4.78, 5) is 41.0. The Balaban J connectivity index is 1.87. The van der Waals surface area contributed by atoms with Crippen molar-refractivity contribution in [2.45, 2.75) is 82.8 Å². The number of benzene rings is 1. The molecule has 1 aromatic rings. The number of nitrogens with zero attached hydrogens (tertiary/aromatic N) is 1. The number of aliphatic hydroxyl groups is 3. The van der Waals surface area contributed by atoms with Crippen LogP contribution in [0.5, 0.6) is 0 Å². The molecule has 1 aliphatic rings. The first-order chi connectivity index (χ1) is 21.5. The maximum absolute atomic E-state index is 14.0. The molecule has 13 nitrogen and oxygen atoms in total. The monoisotopic (exact) mass is 662 g/mol. The largest absolute Gasteiger partial charge is 0.394 e. The number of halogens is 2. The SMILES string of the molecule is CC(=O)NC1[C@H](Cc2ccc(NC(=O)CCC/C(C)=N/OCC(=O)NCCOCCCS)cc2C(F)F)OC(CO)[C@@H](O)[C@@H]1O. The molecule has 0 spiro atoms. The number of hydrogen-bond donors (Lipinski definition) is 7. The third kappa shape index (κ3) is 13.6. The number of ether oxygens (including phenoxy) is 2. The number of thiol groups is 1. The number of nitrogens with one attached hydrogen (secondary N) is 3. The zero-order valence-corrected chi connectivity index (χ0v) is 26.3. The van der Waals surface area contributed by atoms with Gasteiger partial charge in [0.2, 0.25) is 11.8 Å². The molecule has 0 radical (unpaired) electrons. The second-order valence-corrected chi connectivity index (χ2v) is 11.0. The van der Waals surface area contributed by atoms with Crippen LogP contribution in [-0.4, -0.2) is 108 Å². The van der Waals surface area contributed by atoms with Gasteiger partial charge in [-0.1, -0.05) is 11.2 Å². The highest BCUT2D eigenvalue weighted by Gasteiger charge is 2.44. The Morgan fingerprint density at radius 3 is 2.49 bits per heavy atom. The predicted octanol–water partition coefficient (Wildman–Crippen LogP) is 1.11. The van der Waals surface area contributed by atoms with Crippen LogP contribution >= 0.6 is 12.6 Å². The summed E-state index contributed by atoms with van der Waals surface area (Å²) in [5, 5.41) is 41.8. The Morgan fingerprint density at radius 1 is 1.07 bits per heavy atom. The molecule has 1 saturated heterocycles. The van der Waals surface area contributed by atoms with Crippen molar-refractivity contribution in [1.29, 1.82) is 0 Å². The molecule has 254 valence electrons. The van der Waals surface area contributed by atoms with Crippen molar-refractivity contribution in [2.75, 3.05) is 44.0 Å². The minimum atomic E-state index is -2.92. The first kappa shape index (κ1) is 38.3. The van der Waals surface area contributed by atoms with Crippen molar-refractivity contribution in [3.8, 4) is 0 Å². The van der Waals surface area contributed by atoms with Gasteiger partial charge in [-0.25, -0.2) is 8.78 Å². The van der Waals surface area contributed by atoms with Gasteiger partial charge in [0.15, 0.2) is 6.61 Å². The topological polar surface area (TPSA) is 188 Å². The van der Waals surface area contributed by atoms with Gasteiger partial charge in [0, 0.05) is 44.2 Å². The Hall–Kier alpha value is -2.89. The van der Waals surface area contributed by atoms with Gasteiger partial charge in [-0.2, -0.15) is 12.6 Å². The molecule has 45 heavy (non-hydrogen) atoms. The molecule has 2 unspecified atom stereocenters. The number of carbonyl (C=O) groups excluding carboxylic acids is 3. The first-order valence-corrected chi connectivity index (χ1v) is 15.3. The lowest BCUT2D eigenvalue weighted by Gasteiger charge is -2.43. The molecule has 5 atom stereocenters. The molecule has 0 aromatic heterocycles. The molecule has 3 amide bonds. The van der Waals surface area contributed by atoms with Crippen molar-refractivity contribution < 1.29 is 52.8 Å². The number of oxime groups is 1. The smallest absolute Gasteiger partial charge is 0.264 e. The van der Waals surface area contributed by atoms with Crippen molar-refractivity contribution in [1.82, 2.24) is 10.6 Å². The molecule has 0 bridgehead atoms. The van der Waals surface area contributed by atoms with Crippen LogP contribution in [0.15, 0.2) is 23.4 Å². The molecule has 0 saturated carbocycles. The van der Waals surface area contributed by atoms with Gasteiger partial charge in [-0.3, -0.25) is 14.4 Å². The van der Waals surface area contributed by atoms with E-state index in [2.05, 4.69) is 33.7 Å². The summed E-state index contributed by atoms with van der Waals surface area (Å²) in [6.07, 6.45) is -6.58. The zero-order chi connectivity index (χ0) is 33.4. The summed E-state index contributed by atoms with van der Waals surface area (Å²) in [6, 6.07) is 2.86. The fourth-order valence-electron chi connectivity index (χ4n) is 4.62. The normalized spacial score (nSPS) is 21.8.